The summed E-state index contributed by atoms with van der Waals surface area (Å²) in [6.07, 6.45) is 6.29. The van der Waals surface area contributed by atoms with Gasteiger partial charge in [-0.15, -0.1) is 0 Å². The molecule has 0 aliphatic rings. The zero-order valence-corrected chi connectivity index (χ0v) is 12.1. The van der Waals surface area contributed by atoms with Gasteiger partial charge < -0.3 is 4.42 Å². The zero-order chi connectivity index (χ0) is 14.9. The second-order valence-corrected chi connectivity index (χ2v) is 6.66. The van der Waals surface area contributed by atoms with Crippen LogP contribution >= 0.6 is 0 Å². The van der Waals surface area contributed by atoms with Crippen LogP contribution in [-0.4, -0.2) is 29.4 Å². The van der Waals surface area contributed by atoms with Crippen LogP contribution in [-0.2, 0) is 16.4 Å². The highest BCUT2D eigenvalue weighted by Gasteiger charge is 2.10. The zero-order valence-electron chi connectivity index (χ0n) is 11.3. The van der Waals surface area contributed by atoms with Gasteiger partial charge in [0.15, 0.2) is 9.84 Å². The maximum atomic E-state index is 11.4. The summed E-state index contributed by atoms with van der Waals surface area (Å²) in [6.45, 7) is 0.526. The normalized spacial score (nSPS) is 11.7. The van der Waals surface area contributed by atoms with Gasteiger partial charge in [0.1, 0.15) is 12.0 Å². The Kier molecular flexibility index (Phi) is 3.34. The second-order valence-electron chi connectivity index (χ2n) is 4.64. The maximum absolute atomic E-state index is 11.4. The molecular formula is C14H13N3O3S. The van der Waals surface area contributed by atoms with Crippen LogP contribution in [0.1, 0.15) is 5.69 Å². The van der Waals surface area contributed by atoms with Crippen molar-refractivity contribution in [2.45, 2.75) is 11.4 Å². The van der Waals surface area contributed by atoms with Gasteiger partial charge in [0.2, 0.25) is 5.89 Å². The molecule has 3 rings (SSSR count). The maximum Gasteiger partial charge on any atom is 0.226 e. The van der Waals surface area contributed by atoms with Crippen molar-refractivity contribution in [1.29, 1.82) is 0 Å². The number of nitrogens with zero attached hydrogens (tertiary/aromatic N) is 3. The summed E-state index contributed by atoms with van der Waals surface area (Å²) in [7, 11) is -3.19. The van der Waals surface area contributed by atoms with Crippen molar-refractivity contribution >= 4 is 9.84 Å². The van der Waals surface area contributed by atoms with Gasteiger partial charge in [-0.2, -0.15) is 5.10 Å². The summed E-state index contributed by atoms with van der Waals surface area (Å²) >= 11 is 0. The molecule has 0 bridgehead atoms. The van der Waals surface area contributed by atoms with E-state index in [0.717, 1.165) is 11.3 Å². The molecule has 7 heteroatoms. The SMILES string of the molecule is CS(=O)(=O)c1ccc(-c2nc(Cn3cccn3)co2)cc1. The van der Waals surface area contributed by atoms with Crippen LogP contribution in [0.4, 0.5) is 0 Å². The van der Waals surface area contributed by atoms with Gasteiger partial charge in [-0.25, -0.2) is 13.4 Å². The standard InChI is InChI=1S/C14H13N3O3S/c1-21(18,19)13-5-3-11(4-6-13)14-16-12(10-20-14)9-17-8-2-7-15-17/h2-8,10H,9H2,1H3. The number of hydrogen-bond donors (Lipinski definition) is 0. The fraction of sp³-hybridized carbons (Fsp3) is 0.143. The Hall–Kier alpha value is -2.41. The van der Waals surface area contributed by atoms with Gasteiger partial charge >= 0.3 is 0 Å². The Labute approximate surface area is 122 Å². The summed E-state index contributed by atoms with van der Waals surface area (Å²) in [4.78, 5) is 4.64. The number of aromatic nitrogens is 3. The van der Waals surface area contributed by atoms with Gasteiger partial charge in [-0.3, -0.25) is 4.68 Å². The molecule has 2 heterocycles. The Morgan fingerprint density at radius 2 is 2.00 bits per heavy atom. The van der Waals surface area contributed by atoms with Gasteiger partial charge in [-0.1, -0.05) is 0 Å². The summed E-state index contributed by atoms with van der Waals surface area (Å²) in [5.74, 6) is 0.456. The first-order chi connectivity index (χ1) is 10.0. The lowest BCUT2D eigenvalue weighted by Crippen LogP contribution is -1.99. The van der Waals surface area contributed by atoms with Crippen molar-refractivity contribution in [3.8, 4) is 11.5 Å². The van der Waals surface area contributed by atoms with E-state index in [1.54, 1.807) is 41.4 Å². The minimum atomic E-state index is -3.19. The van der Waals surface area contributed by atoms with E-state index < -0.39 is 9.84 Å². The number of hydrogen-bond acceptors (Lipinski definition) is 5. The van der Waals surface area contributed by atoms with Crippen LogP contribution in [0.2, 0.25) is 0 Å². The molecule has 108 valence electrons. The topological polar surface area (TPSA) is 78.0 Å². The van der Waals surface area contributed by atoms with E-state index in [1.165, 1.54) is 6.26 Å². The molecule has 0 spiro atoms. The number of benzene rings is 1. The molecule has 0 atom stereocenters. The third-order valence-corrected chi connectivity index (χ3v) is 4.09. The summed E-state index contributed by atoms with van der Waals surface area (Å²) in [6, 6.07) is 8.29. The number of sulfone groups is 1. The first-order valence-electron chi connectivity index (χ1n) is 6.25. The molecule has 0 amide bonds. The summed E-state index contributed by atoms with van der Waals surface area (Å²) < 4.78 is 30.0. The molecule has 0 aliphatic carbocycles. The highest BCUT2D eigenvalue weighted by molar-refractivity contribution is 7.90. The molecule has 6 nitrogen and oxygen atoms in total. The fourth-order valence-corrected chi connectivity index (χ4v) is 2.55. The molecule has 0 aliphatic heterocycles. The molecule has 0 fully saturated rings. The lowest BCUT2D eigenvalue weighted by molar-refractivity contribution is 0.569. The van der Waals surface area contributed by atoms with E-state index in [9.17, 15) is 8.42 Å². The van der Waals surface area contributed by atoms with E-state index in [1.807, 2.05) is 12.3 Å². The largest absolute Gasteiger partial charge is 0.444 e. The van der Waals surface area contributed by atoms with Crippen LogP contribution in [0.3, 0.4) is 0 Å². The molecule has 0 unspecified atom stereocenters. The fourth-order valence-electron chi connectivity index (χ4n) is 1.92. The average molecular weight is 303 g/mol. The predicted molar refractivity (Wildman–Crippen MR) is 76.4 cm³/mol. The molecule has 0 radical (unpaired) electrons. The summed E-state index contributed by atoms with van der Waals surface area (Å²) in [5.41, 5.74) is 1.48. The monoisotopic (exact) mass is 303 g/mol. The molecule has 21 heavy (non-hydrogen) atoms. The Balaban J connectivity index is 1.83. The van der Waals surface area contributed by atoms with E-state index in [0.29, 0.717) is 12.4 Å². The average Bonchev–Trinajstić information content (AvgIpc) is 3.10. The first-order valence-corrected chi connectivity index (χ1v) is 8.14. The van der Waals surface area contributed by atoms with Crippen LogP contribution in [0, 0.1) is 0 Å². The Bertz CT molecular complexity index is 834. The van der Waals surface area contributed by atoms with Crippen LogP contribution in [0.25, 0.3) is 11.5 Å². The van der Waals surface area contributed by atoms with Crippen molar-refractivity contribution in [3.05, 3.63) is 54.7 Å². The molecule has 3 aromatic rings. The molecular weight excluding hydrogens is 290 g/mol. The molecule has 0 N–H and O–H groups in total. The smallest absolute Gasteiger partial charge is 0.226 e. The van der Waals surface area contributed by atoms with Gasteiger partial charge in [-0.05, 0) is 30.3 Å². The molecule has 0 saturated carbocycles. The predicted octanol–water partition coefficient (Wildman–Crippen LogP) is 1.99. The Morgan fingerprint density at radius 3 is 2.62 bits per heavy atom. The van der Waals surface area contributed by atoms with Crippen molar-refractivity contribution < 1.29 is 12.8 Å². The quantitative estimate of drug-likeness (QED) is 0.736. The minimum absolute atomic E-state index is 0.273. The third kappa shape index (κ3) is 3.03. The van der Waals surface area contributed by atoms with E-state index in [4.69, 9.17) is 4.42 Å². The highest BCUT2D eigenvalue weighted by atomic mass is 32.2. The van der Waals surface area contributed by atoms with Crippen LogP contribution in [0.15, 0.2) is 58.3 Å². The van der Waals surface area contributed by atoms with E-state index in [-0.39, 0.29) is 4.90 Å². The van der Waals surface area contributed by atoms with Crippen LogP contribution in [0.5, 0.6) is 0 Å². The van der Waals surface area contributed by atoms with Crippen LogP contribution < -0.4 is 0 Å². The first kappa shape index (κ1) is 13.6. The van der Waals surface area contributed by atoms with Gasteiger partial charge in [0, 0.05) is 24.2 Å². The van der Waals surface area contributed by atoms with Crippen molar-refractivity contribution in [2.75, 3.05) is 6.26 Å². The molecule has 2 aromatic heterocycles. The number of oxazole rings is 1. The second kappa shape index (κ2) is 5.17. The lowest BCUT2D eigenvalue weighted by Gasteiger charge is -1.99. The van der Waals surface area contributed by atoms with Crippen molar-refractivity contribution in [2.24, 2.45) is 0 Å². The minimum Gasteiger partial charge on any atom is -0.444 e. The molecule has 1 aromatic carbocycles. The van der Waals surface area contributed by atoms with Gasteiger partial charge in [0.25, 0.3) is 0 Å². The van der Waals surface area contributed by atoms with E-state index >= 15 is 0 Å². The summed E-state index contributed by atoms with van der Waals surface area (Å²) in [5, 5.41) is 4.10. The number of rotatable bonds is 4. The lowest BCUT2D eigenvalue weighted by atomic mass is 10.2. The third-order valence-electron chi connectivity index (χ3n) is 2.96. The molecule has 0 saturated heterocycles. The van der Waals surface area contributed by atoms with Crippen molar-refractivity contribution in [1.82, 2.24) is 14.8 Å². The van der Waals surface area contributed by atoms with Gasteiger partial charge in [0.05, 0.1) is 11.4 Å². The highest BCUT2D eigenvalue weighted by Crippen LogP contribution is 2.21. The van der Waals surface area contributed by atoms with E-state index in [2.05, 4.69) is 10.1 Å². The van der Waals surface area contributed by atoms with Crippen molar-refractivity contribution in [3.63, 3.8) is 0 Å². The Morgan fingerprint density at radius 1 is 1.24 bits per heavy atom.